The first-order valence-electron chi connectivity index (χ1n) is 14.1. The minimum atomic E-state index is 0.392. The summed E-state index contributed by atoms with van der Waals surface area (Å²) in [6.45, 7) is 23.8. The van der Waals surface area contributed by atoms with Crippen LogP contribution in [0.4, 0.5) is 22.1 Å². The Hall–Kier alpha value is -2.90. The smallest absolute Gasteiger partial charge is 0.229 e. The number of thiophene rings is 1. The summed E-state index contributed by atoms with van der Waals surface area (Å²) in [5.74, 6) is 0. The molecule has 0 atom stereocenters. The second-order valence-electron chi connectivity index (χ2n) is 10.1. The molecule has 2 aromatic rings. The topological polar surface area (TPSA) is 93.0 Å². The molecule has 0 fully saturated rings. The minimum absolute atomic E-state index is 0.392. The number of benzene rings is 1. The average Bonchev–Trinajstić information content (AvgIpc) is 3.28. The molecule has 1 aromatic heterocycles. The SMILES string of the molecule is [C-]#[N+]c1c(/N=N/c2ccc(N(CC)CCOCCOCCOCCOCC[N+](C)(C)CC)cc2C)sc(C#N)c1C. The molecule has 0 N–H and O–H groups in total. The molecule has 11 heteroatoms. The largest absolute Gasteiger partial charge is 0.377 e. The first-order chi connectivity index (χ1) is 19.8. The Kier molecular flexibility index (Phi) is 15.5. The van der Waals surface area contributed by atoms with Crippen molar-refractivity contribution in [3.63, 3.8) is 0 Å². The quantitative estimate of drug-likeness (QED) is 0.0796. The van der Waals surface area contributed by atoms with Crippen LogP contribution in [-0.4, -0.2) is 97.6 Å². The molecule has 0 saturated heterocycles. The van der Waals surface area contributed by atoms with E-state index in [-0.39, 0.29) is 0 Å². The van der Waals surface area contributed by atoms with Crippen molar-refractivity contribution in [2.24, 2.45) is 10.2 Å². The number of nitriles is 1. The predicted molar refractivity (Wildman–Crippen MR) is 164 cm³/mol. The number of anilines is 1. The van der Waals surface area contributed by atoms with Gasteiger partial charge in [0.1, 0.15) is 17.6 Å². The van der Waals surface area contributed by atoms with Crippen LogP contribution >= 0.6 is 11.3 Å². The maximum absolute atomic E-state index is 9.24. The molecular formula is C30H45N6O4S+. The summed E-state index contributed by atoms with van der Waals surface area (Å²) >= 11 is 1.19. The van der Waals surface area contributed by atoms with Crippen molar-refractivity contribution in [3.05, 3.63) is 45.6 Å². The van der Waals surface area contributed by atoms with Crippen LogP contribution < -0.4 is 4.90 Å². The normalized spacial score (nSPS) is 11.6. The Bertz CT molecular complexity index is 1180. The van der Waals surface area contributed by atoms with Gasteiger partial charge in [-0.05, 0) is 57.0 Å². The maximum Gasteiger partial charge on any atom is 0.229 e. The average molecular weight is 586 g/mol. The molecule has 41 heavy (non-hydrogen) atoms. The van der Waals surface area contributed by atoms with Gasteiger partial charge in [-0.15, -0.1) is 11.3 Å². The summed E-state index contributed by atoms with van der Waals surface area (Å²) in [6, 6.07) is 8.13. The van der Waals surface area contributed by atoms with E-state index in [0.717, 1.165) is 54.2 Å². The van der Waals surface area contributed by atoms with E-state index < -0.39 is 0 Å². The summed E-state index contributed by atoms with van der Waals surface area (Å²) in [4.78, 5) is 6.26. The molecule has 1 aromatic carbocycles. The summed E-state index contributed by atoms with van der Waals surface area (Å²) < 4.78 is 23.5. The number of nitrogens with zero attached hydrogens (tertiary/aromatic N) is 6. The first-order valence-corrected chi connectivity index (χ1v) is 14.9. The molecule has 1 heterocycles. The highest BCUT2D eigenvalue weighted by atomic mass is 32.1. The third-order valence-corrected chi connectivity index (χ3v) is 7.87. The number of rotatable bonds is 20. The monoisotopic (exact) mass is 585 g/mol. The molecule has 0 aliphatic heterocycles. The van der Waals surface area contributed by atoms with E-state index >= 15 is 0 Å². The Morgan fingerprint density at radius 3 is 2.10 bits per heavy atom. The van der Waals surface area contributed by atoms with Crippen LogP contribution in [0.15, 0.2) is 28.4 Å². The first kappa shape index (κ1) is 34.3. The van der Waals surface area contributed by atoms with Crippen LogP contribution in [0.1, 0.15) is 29.9 Å². The highest BCUT2D eigenvalue weighted by molar-refractivity contribution is 7.17. The Morgan fingerprint density at radius 1 is 0.951 bits per heavy atom. The van der Waals surface area contributed by atoms with Crippen LogP contribution in [0.25, 0.3) is 4.85 Å². The van der Waals surface area contributed by atoms with Gasteiger partial charge in [0.05, 0.1) is 90.6 Å². The highest BCUT2D eigenvalue weighted by Gasteiger charge is 2.15. The van der Waals surface area contributed by atoms with Crippen molar-refractivity contribution in [1.82, 2.24) is 0 Å². The minimum Gasteiger partial charge on any atom is -0.377 e. The standard InChI is InChI=1S/C30H45N6O4S/c1-8-35(12-14-37-16-18-39-20-21-40-19-17-38-15-13-36(6,7)9-2)26-10-11-27(24(3)22-26)33-34-30-29(32-5)25(4)28(23-31)41-30/h10-11,22H,8-9,12-21H2,1-4,6-7H3/q+1/b34-33+. The maximum atomic E-state index is 9.24. The van der Waals surface area contributed by atoms with Crippen LogP contribution in [0.3, 0.4) is 0 Å². The van der Waals surface area contributed by atoms with E-state index in [2.05, 4.69) is 60.1 Å². The van der Waals surface area contributed by atoms with Crippen molar-refractivity contribution in [1.29, 1.82) is 5.26 Å². The van der Waals surface area contributed by atoms with Gasteiger partial charge in [-0.2, -0.15) is 15.5 Å². The van der Waals surface area contributed by atoms with Gasteiger partial charge in [-0.25, -0.2) is 4.85 Å². The summed E-state index contributed by atoms with van der Waals surface area (Å²) in [5, 5.41) is 18.3. The lowest BCUT2D eigenvalue weighted by atomic mass is 10.1. The molecule has 0 unspecified atom stereocenters. The summed E-state index contributed by atoms with van der Waals surface area (Å²) in [7, 11) is 4.40. The van der Waals surface area contributed by atoms with Gasteiger partial charge in [0.25, 0.3) is 0 Å². The van der Waals surface area contributed by atoms with E-state index in [0.29, 0.717) is 67.4 Å². The van der Waals surface area contributed by atoms with Crippen molar-refractivity contribution in [3.8, 4) is 6.07 Å². The number of quaternary nitrogens is 1. The molecule has 0 amide bonds. The summed E-state index contributed by atoms with van der Waals surface area (Å²) in [5.41, 5.74) is 3.84. The van der Waals surface area contributed by atoms with Gasteiger partial charge in [0.15, 0.2) is 0 Å². The molecule has 10 nitrogen and oxygen atoms in total. The second kappa shape index (κ2) is 18.5. The van der Waals surface area contributed by atoms with Crippen molar-refractivity contribution >= 4 is 33.4 Å². The van der Waals surface area contributed by atoms with Crippen molar-refractivity contribution in [2.45, 2.75) is 27.7 Å². The van der Waals surface area contributed by atoms with E-state index in [4.69, 9.17) is 25.5 Å². The molecule has 0 radical (unpaired) electrons. The Morgan fingerprint density at radius 2 is 1.56 bits per heavy atom. The fraction of sp³-hybridized carbons (Fsp3) is 0.600. The number of hydrogen-bond donors (Lipinski definition) is 0. The number of likely N-dealkylation sites (N-methyl/N-ethyl adjacent to an activating group) is 2. The fourth-order valence-corrected chi connectivity index (χ4v) is 4.59. The molecule has 0 saturated carbocycles. The molecule has 0 aliphatic carbocycles. The zero-order chi connectivity index (χ0) is 30.1. The van der Waals surface area contributed by atoms with Gasteiger partial charge in [-0.3, -0.25) is 0 Å². The van der Waals surface area contributed by atoms with E-state index in [1.807, 2.05) is 19.1 Å². The zero-order valence-corrected chi connectivity index (χ0v) is 26.3. The Balaban J connectivity index is 1.64. The predicted octanol–water partition coefficient (Wildman–Crippen LogP) is 6.19. The van der Waals surface area contributed by atoms with Gasteiger partial charge in [0.2, 0.25) is 5.69 Å². The van der Waals surface area contributed by atoms with Crippen molar-refractivity contribution < 1.29 is 23.4 Å². The lowest BCUT2D eigenvalue weighted by Crippen LogP contribution is -2.42. The van der Waals surface area contributed by atoms with Gasteiger partial charge in [-0.1, -0.05) is 0 Å². The van der Waals surface area contributed by atoms with Crippen LogP contribution in [0.5, 0.6) is 0 Å². The van der Waals surface area contributed by atoms with Crippen LogP contribution in [0, 0.1) is 31.8 Å². The summed E-state index contributed by atoms with van der Waals surface area (Å²) in [6.07, 6.45) is 0. The molecule has 0 spiro atoms. The number of azo groups is 1. The zero-order valence-electron chi connectivity index (χ0n) is 25.4. The van der Waals surface area contributed by atoms with E-state index in [1.54, 1.807) is 6.92 Å². The number of hydrogen-bond acceptors (Lipinski definition) is 9. The van der Waals surface area contributed by atoms with Gasteiger partial charge in [0, 0.05) is 18.8 Å². The second-order valence-corrected chi connectivity index (χ2v) is 11.1. The van der Waals surface area contributed by atoms with E-state index in [9.17, 15) is 5.26 Å². The third-order valence-electron chi connectivity index (χ3n) is 6.80. The lowest BCUT2D eigenvalue weighted by molar-refractivity contribution is -0.888. The third kappa shape index (κ3) is 11.9. The molecule has 224 valence electrons. The van der Waals surface area contributed by atoms with E-state index in [1.165, 1.54) is 11.3 Å². The van der Waals surface area contributed by atoms with Crippen molar-refractivity contribution in [2.75, 3.05) is 98.0 Å². The molecule has 0 bridgehead atoms. The fourth-order valence-electron chi connectivity index (χ4n) is 3.72. The Labute approximate surface area is 249 Å². The molecule has 0 aliphatic rings. The molecular weight excluding hydrogens is 540 g/mol. The van der Waals surface area contributed by atoms with Gasteiger partial charge < -0.3 is 28.3 Å². The number of ether oxygens (including phenoxy) is 4. The lowest BCUT2D eigenvalue weighted by Gasteiger charge is -2.27. The van der Waals surface area contributed by atoms with Gasteiger partial charge >= 0.3 is 0 Å². The highest BCUT2D eigenvalue weighted by Crippen LogP contribution is 2.42. The van der Waals surface area contributed by atoms with Crippen LogP contribution in [-0.2, 0) is 18.9 Å². The van der Waals surface area contributed by atoms with Crippen LogP contribution in [0.2, 0.25) is 0 Å². The molecule has 2 rings (SSSR count). The number of aryl methyl sites for hydroxylation is 1.